The molecule has 0 amide bonds. The van der Waals surface area contributed by atoms with Crippen molar-refractivity contribution < 1.29 is 0 Å². The van der Waals surface area contributed by atoms with Gasteiger partial charge < -0.3 is 5.73 Å². The Morgan fingerprint density at radius 3 is 2.79 bits per heavy atom. The largest absolute Gasteiger partial charge is 0.383 e. The van der Waals surface area contributed by atoms with E-state index >= 15 is 0 Å². The lowest BCUT2D eigenvalue weighted by Gasteiger charge is -2.01. The van der Waals surface area contributed by atoms with E-state index in [0.717, 1.165) is 26.0 Å². The molecule has 2 N–H and O–H groups in total. The number of nitrogens with zero attached hydrogens (tertiary/aromatic N) is 3. The summed E-state index contributed by atoms with van der Waals surface area (Å²) in [4.78, 5) is 5.13. The fourth-order valence-electron chi connectivity index (χ4n) is 1.95. The van der Waals surface area contributed by atoms with E-state index in [0.29, 0.717) is 5.82 Å². The highest BCUT2D eigenvalue weighted by Crippen LogP contribution is 2.39. The first kappa shape index (κ1) is 12.2. The zero-order chi connectivity index (χ0) is 13.4. The third-order valence-electron chi connectivity index (χ3n) is 2.85. The van der Waals surface area contributed by atoms with E-state index in [4.69, 9.17) is 17.3 Å². The van der Waals surface area contributed by atoms with Crippen LogP contribution in [0.5, 0.6) is 0 Å². The average Bonchev–Trinajstić information content (AvgIpc) is 2.96. The average molecular weight is 291 g/mol. The van der Waals surface area contributed by atoms with Crippen LogP contribution in [0.3, 0.4) is 0 Å². The Labute approximate surface area is 119 Å². The smallest absolute Gasteiger partial charge is 0.130 e. The Bertz CT molecular complexity index is 718. The van der Waals surface area contributed by atoms with Gasteiger partial charge >= 0.3 is 0 Å². The van der Waals surface area contributed by atoms with Crippen molar-refractivity contribution >= 4 is 28.8 Å². The fraction of sp³-hybridized carbons (Fsp3) is 0.0769. The van der Waals surface area contributed by atoms with Gasteiger partial charge in [-0.25, -0.2) is 0 Å². The molecule has 0 aromatic carbocycles. The summed E-state index contributed by atoms with van der Waals surface area (Å²) in [6.45, 7) is 0. The molecular formula is C13H11ClN4S. The standard InChI is InChI=1S/C13H11ClN4S/c1-18-13(15)11(8-3-2-6-16-7-8)12(17-18)9-4-5-10(14)19-9/h2-7H,15H2,1H3. The van der Waals surface area contributed by atoms with Crippen LogP contribution < -0.4 is 5.73 Å². The lowest BCUT2D eigenvalue weighted by Crippen LogP contribution is -1.98. The van der Waals surface area contributed by atoms with Crippen LogP contribution in [0, 0.1) is 0 Å². The number of anilines is 1. The highest BCUT2D eigenvalue weighted by molar-refractivity contribution is 7.19. The lowest BCUT2D eigenvalue weighted by molar-refractivity contribution is 0.783. The summed E-state index contributed by atoms with van der Waals surface area (Å²) in [7, 11) is 1.83. The van der Waals surface area contributed by atoms with E-state index in [-0.39, 0.29) is 0 Å². The molecule has 0 aliphatic heterocycles. The van der Waals surface area contributed by atoms with Crippen molar-refractivity contribution in [3.63, 3.8) is 0 Å². The number of hydrogen-bond donors (Lipinski definition) is 1. The first-order chi connectivity index (χ1) is 9.16. The molecule has 3 aromatic heterocycles. The van der Waals surface area contributed by atoms with E-state index in [1.807, 2.05) is 31.3 Å². The molecule has 4 nitrogen and oxygen atoms in total. The molecule has 3 heterocycles. The van der Waals surface area contributed by atoms with Crippen molar-refractivity contribution in [2.24, 2.45) is 7.05 Å². The predicted octanol–water partition coefficient (Wildman–Crippen LogP) is 3.45. The minimum absolute atomic E-state index is 0.618. The van der Waals surface area contributed by atoms with Crippen LogP contribution in [-0.2, 0) is 7.05 Å². The van der Waals surface area contributed by atoms with Gasteiger partial charge in [0, 0.05) is 25.0 Å². The molecule has 0 aliphatic rings. The number of aryl methyl sites for hydroxylation is 1. The van der Waals surface area contributed by atoms with Gasteiger partial charge in [0.2, 0.25) is 0 Å². The monoisotopic (exact) mass is 290 g/mol. The molecule has 3 rings (SSSR count). The Hall–Kier alpha value is -1.85. The van der Waals surface area contributed by atoms with Gasteiger partial charge in [-0.1, -0.05) is 17.7 Å². The van der Waals surface area contributed by atoms with Gasteiger partial charge in [0.25, 0.3) is 0 Å². The van der Waals surface area contributed by atoms with Crippen molar-refractivity contribution in [2.45, 2.75) is 0 Å². The number of nitrogens with two attached hydrogens (primary N) is 1. The van der Waals surface area contributed by atoms with Crippen LogP contribution in [0.1, 0.15) is 0 Å². The van der Waals surface area contributed by atoms with Crippen LogP contribution in [0.4, 0.5) is 5.82 Å². The Morgan fingerprint density at radius 2 is 2.16 bits per heavy atom. The molecule has 19 heavy (non-hydrogen) atoms. The molecule has 3 aromatic rings. The van der Waals surface area contributed by atoms with Crippen molar-refractivity contribution in [3.8, 4) is 21.7 Å². The number of halogens is 1. The van der Waals surface area contributed by atoms with Gasteiger partial charge in [0.15, 0.2) is 0 Å². The quantitative estimate of drug-likeness (QED) is 0.786. The van der Waals surface area contributed by atoms with Gasteiger partial charge in [-0.15, -0.1) is 11.3 Å². The second kappa shape index (κ2) is 4.68. The summed E-state index contributed by atoms with van der Waals surface area (Å²) >= 11 is 7.48. The molecule has 0 spiro atoms. The predicted molar refractivity (Wildman–Crippen MR) is 79.2 cm³/mol. The topological polar surface area (TPSA) is 56.7 Å². The van der Waals surface area contributed by atoms with E-state index < -0.39 is 0 Å². The lowest BCUT2D eigenvalue weighted by atomic mass is 10.1. The molecule has 0 atom stereocenters. The highest BCUT2D eigenvalue weighted by atomic mass is 35.5. The summed E-state index contributed by atoms with van der Waals surface area (Å²) in [5, 5.41) is 4.49. The first-order valence-corrected chi connectivity index (χ1v) is 6.85. The third-order valence-corrected chi connectivity index (χ3v) is 4.09. The molecular weight excluding hydrogens is 280 g/mol. The third kappa shape index (κ3) is 2.11. The molecule has 0 saturated heterocycles. The summed E-state index contributed by atoms with van der Waals surface area (Å²) in [5.41, 5.74) is 8.81. The van der Waals surface area contributed by atoms with Crippen molar-refractivity contribution in [2.75, 3.05) is 5.73 Å². The zero-order valence-corrected chi connectivity index (χ0v) is 11.7. The molecule has 0 fully saturated rings. The van der Waals surface area contributed by atoms with Crippen LogP contribution in [0.2, 0.25) is 4.34 Å². The Balaban J connectivity index is 2.24. The maximum absolute atomic E-state index is 6.12. The van der Waals surface area contributed by atoms with Gasteiger partial charge in [0.05, 0.1) is 14.8 Å². The van der Waals surface area contributed by atoms with E-state index in [1.54, 1.807) is 17.1 Å². The minimum Gasteiger partial charge on any atom is -0.383 e. The highest BCUT2D eigenvalue weighted by Gasteiger charge is 2.18. The first-order valence-electron chi connectivity index (χ1n) is 5.65. The molecule has 0 unspecified atom stereocenters. The summed E-state index contributed by atoms with van der Waals surface area (Å²) in [6, 6.07) is 7.67. The second-order valence-electron chi connectivity index (χ2n) is 4.08. The molecule has 96 valence electrons. The van der Waals surface area contributed by atoms with Gasteiger partial charge in [-0.3, -0.25) is 9.67 Å². The van der Waals surface area contributed by atoms with Gasteiger partial charge in [-0.2, -0.15) is 5.10 Å². The van der Waals surface area contributed by atoms with Crippen LogP contribution in [-0.4, -0.2) is 14.8 Å². The molecule has 0 radical (unpaired) electrons. The van der Waals surface area contributed by atoms with Crippen LogP contribution >= 0.6 is 22.9 Å². The summed E-state index contributed by atoms with van der Waals surface area (Å²) in [5.74, 6) is 0.618. The summed E-state index contributed by atoms with van der Waals surface area (Å²) in [6.07, 6.45) is 3.52. The molecule has 0 bridgehead atoms. The van der Waals surface area contributed by atoms with Crippen LogP contribution in [0.15, 0.2) is 36.7 Å². The number of aromatic nitrogens is 3. The van der Waals surface area contributed by atoms with E-state index in [1.165, 1.54) is 11.3 Å². The number of rotatable bonds is 2. The number of nitrogen functional groups attached to an aromatic ring is 1. The van der Waals surface area contributed by atoms with Crippen LogP contribution in [0.25, 0.3) is 21.7 Å². The fourth-order valence-corrected chi connectivity index (χ4v) is 2.98. The van der Waals surface area contributed by atoms with Crippen molar-refractivity contribution in [1.29, 1.82) is 0 Å². The van der Waals surface area contributed by atoms with Gasteiger partial charge in [0.1, 0.15) is 11.5 Å². The number of pyridine rings is 1. The van der Waals surface area contributed by atoms with Gasteiger partial charge in [-0.05, 0) is 18.2 Å². The molecule has 0 aliphatic carbocycles. The SMILES string of the molecule is Cn1nc(-c2ccc(Cl)s2)c(-c2cccnc2)c1N. The molecule has 0 saturated carbocycles. The number of thiophene rings is 1. The summed E-state index contributed by atoms with van der Waals surface area (Å²) < 4.78 is 2.40. The Kier molecular flexibility index (Phi) is 3.00. The van der Waals surface area contributed by atoms with Crippen molar-refractivity contribution in [1.82, 2.24) is 14.8 Å². The number of hydrogen-bond acceptors (Lipinski definition) is 4. The zero-order valence-electron chi connectivity index (χ0n) is 10.2. The van der Waals surface area contributed by atoms with E-state index in [9.17, 15) is 0 Å². The molecule has 6 heteroatoms. The van der Waals surface area contributed by atoms with Crippen molar-refractivity contribution in [3.05, 3.63) is 41.0 Å². The van der Waals surface area contributed by atoms with E-state index in [2.05, 4.69) is 10.1 Å². The second-order valence-corrected chi connectivity index (χ2v) is 5.79. The maximum Gasteiger partial charge on any atom is 0.130 e. The minimum atomic E-state index is 0.618. The maximum atomic E-state index is 6.12. The Morgan fingerprint density at radius 1 is 1.32 bits per heavy atom. The normalized spacial score (nSPS) is 10.8.